The first kappa shape index (κ1) is 138. The van der Waals surface area contributed by atoms with E-state index < -0.39 is 118 Å². The maximum absolute atomic E-state index is 11.8. The number of aliphatic carboxylic acids is 6. The van der Waals surface area contributed by atoms with Crippen LogP contribution in [0.4, 0.5) is 4.79 Å². The molecule has 808 valence electrons. The molecule has 38 heteroatoms. The van der Waals surface area contributed by atoms with E-state index in [9.17, 15) is 81.8 Å². The van der Waals surface area contributed by atoms with Crippen LogP contribution in [0.15, 0.2) is 182 Å². The number of thiol groups is 1. The van der Waals surface area contributed by atoms with Crippen molar-refractivity contribution in [3.05, 3.63) is 215 Å². The number of rotatable bonds is 50. The second kappa shape index (κ2) is 80.4. The van der Waals surface area contributed by atoms with Crippen LogP contribution in [0.5, 0.6) is 0 Å². The molecule has 0 aliphatic rings. The Kier molecular flexibility index (Phi) is 76.6. The summed E-state index contributed by atoms with van der Waals surface area (Å²) < 4.78 is 10.0. The third-order valence-corrected chi connectivity index (χ3v) is 23.6. The summed E-state index contributed by atoms with van der Waals surface area (Å²) in [7, 11) is 0. The number of carbonyl (C=O) groups excluding carboxylic acids is 10. The van der Waals surface area contributed by atoms with Crippen molar-refractivity contribution in [2.24, 2.45) is 76.1 Å². The number of nitrogens with zero attached hydrogens (tertiary/aromatic N) is 2. The van der Waals surface area contributed by atoms with Crippen LogP contribution >= 0.6 is 59.7 Å². The molecular formula is C107H158N6O27S5. The standard InChI is InChI=1S/C18H19NO4.C15H22N2O4.C15H21NO4.C13H22O5.C12H14O3S.C9H13NS.C9H16O3S.C8H17NOS.C8H14O3S/c20-14-19(23-13-16-9-5-2-6-10-16)12-17(18(21)22)11-15-7-3-1-4-8-15;1-15(2,3)21-14(19)16-12(10-13(18)17-20)9-11-7-5-4-6-8-11;1-12(2)8-14(15(18)19)9-16(11-17)20-10-13-6-4-3-5-7-13;1-8(2)6-9(11(15)16)10(14)7-18-12(17)13(3,4)5;1-9(13)16-8-11(12(14)15)7-10-5-3-2-4-6-10;10-9(7-11)6-8-4-2-1-3-5-8;1-6(2)4-8(9(11)12)5-13-7(3)10;1-6(2)4-8(9)5-11-7(3)10;1-5(2)4-7(8(10)11)12-6(3)9/h1-10,14,17H,11-13H2,(H,21,22);4-8,12,20H,9-10H2,1-3H3,(H,16,19)(H,17,18);3-7,11-12,14H,8-10H2,1-2H3,(H,18,19);8-9H,6-7H2,1-5H3,(H,15,16);2-6,11H,7-8H2,1H3,(H,14,15);1-5,9,11H,6-7,10H2;6,8H,4-5H2,1-3H3,(H,11,12);6,8H,4-5,9H2,1-3H3;5,7H,4H2,1-3H3,(H,10,11). The normalized spacial score (nSPS) is 12.5. The minimum atomic E-state index is -1.17. The lowest BCUT2D eigenvalue weighted by Crippen LogP contribution is -2.42. The predicted octanol–water partition coefficient (Wildman–Crippen LogP) is 17.9. The Morgan fingerprint density at radius 2 is 0.745 bits per heavy atom. The molecule has 6 aromatic carbocycles. The summed E-state index contributed by atoms with van der Waals surface area (Å²) in [4.78, 5) is 188. The van der Waals surface area contributed by atoms with E-state index in [1.54, 1.807) is 53.9 Å². The highest BCUT2D eigenvalue weighted by Crippen LogP contribution is 2.24. The summed E-state index contributed by atoms with van der Waals surface area (Å²) in [5.74, 6) is -6.70. The number of amides is 4. The van der Waals surface area contributed by atoms with Gasteiger partial charge in [-0.3, -0.25) is 86.8 Å². The van der Waals surface area contributed by atoms with Gasteiger partial charge in [-0.2, -0.15) is 12.6 Å². The van der Waals surface area contributed by atoms with E-state index in [0.717, 1.165) is 97.6 Å². The zero-order valence-corrected chi connectivity index (χ0v) is 91.6. The highest BCUT2D eigenvalue weighted by atomic mass is 32.2. The molecule has 0 saturated heterocycles. The second-order valence-corrected chi connectivity index (χ2v) is 43.1. The van der Waals surface area contributed by atoms with Crippen LogP contribution in [-0.4, -0.2) is 211 Å². The van der Waals surface area contributed by atoms with E-state index in [1.165, 1.54) is 38.1 Å². The average Bonchev–Trinajstić information content (AvgIpc) is 0.900. The minimum Gasteiger partial charge on any atom is -0.481 e. The molecule has 9 atom stereocenters. The number of esters is 1. The van der Waals surface area contributed by atoms with Crippen LogP contribution in [0.1, 0.15) is 210 Å². The first-order valence-electron chi connectivity index (χ1n) is 47.5. The molecule has 6 rings (SSSR count). The number of nitrogens with two attached hydrogens (primary N) is 2. The molecule has 0 saturated carbocycles. The number of Topliss-reactive ketones (excluding diaryl/α,β-unsaturated/α-hetero) is 1. The van der Waals surface area contributed by atoms with Crippen molar-refractivity contribution in [3.8, 4) is 0 Å². The Bertz CT molecular complexity index is 4680. The zero-order chi connectivity index (χ0) is 111. The van der Waals surface area contributed by atoms with Gasteiger partial charge in [-0.15, -0.1) is 0 Å². The molecular weight excluding hydrogens is 1960 g/mol. The van der Waals surface area contributed by atoms with Gasteiger partial charge in [-0.1, -0.05) is 298 Å². The van der Waals surface area contributed by atoms with Crippen molar-refractivity contribution in [1.82, 2.24) is 20.9 Å². The SMILES string of the molecule is CC(=O)SC(CC(C)C)C(=O)O.CC(=O)SCC(CC(C)C)C(=O)O.CC(=O)SCC(Cc1ccccc1)C(=O)O.CC(=O)SCC(N)CC(C)C.CC(C)(C)OC(=O)NC(CC(=O)NO)Cc1ccccc1.CC(C)CC(C(=O)O)C(=O)COC(=O)C(C)(C)C.CC(C)CC(CN(C=O)OCc1ccccc1)C(=O)O.NC(CS)Cc1ccccc1.O=CN(CC(Cc1ccccc1)C(=O)O)OCc1ccccc1. The van der Waals surface area contributed by atoms with Crippen molar-refractivity contribution in [2.75, 3.05) is 42.7 Å². The van der Waals surface area contributed by atoms with E-state index in [4.69, 9.17) is 61.4 Å². The zero-order valence-electron chi connectivity index (χ0n) is 87.4. The maximum Gasteiger partial charge on any atom is 0.407 e. The number of hydrogen-bond acceptors (Lipinski definition) is 28. The molecule has 145 heavy (non-hydrogen) atoms. The lowest BCUT2D eigenvalue weighted by molar-refractivity contribution is -0.184. The Balaban J connectivity index is -0.00000158. The maximum atomic E-state index is 11.8. The van der Waals surface area contributed by atoms with E-state index in [1.807, 2.05) is 225 Å². The van der Waals surface area contributed by atoms with Crippen molar-refractivity contribution < 1.29 is 132 Å². The van der Waals surface area contributed by atoms with Crippen molar-refractivity contribution in [2.45, 2.75) is 245 Å². The minimum absolute atomic E-state index is 0.000557. The first-order chi connectivity index (χ1) is 67.9. The summed E-state index contributed by atoms with van der Waals surface area (Å²) in [6.07, 6.45) is 5.55. The molecule has 9 unspecified atom stereocenters. The Morgan fingerprint density at radius 3 is 1.06 bits per heavy atom. The molecule has 0 aromatic heterocycles. The molecule has 0 fully saturated rings. The molecule has 4 amide bonds. The molecule has 33 nitrogen and oxygen atoms in total. The van der Waals surface area contributed by atoms with E-state index in [0.29, 0.717) is 80.6 Å². The van der Waals surface area contributed by atoms with Crippen LogP contribution < -0.4 is 22.3 Å². The molecule has 0 spiro atoms. The number of ether oxygens (including phenoxy) is 2. The summed E-state index contributed by atoms with van der Waals surface area (Å²) in [5, 5.41) is 66.8. The van der Waals surface area contributed by atoms with Crippen LogP contribution in [0.3, 0.4) is 0 Å². The molecule has 0 aliphatic carbocycles. The van der Waals surface area contributed by atoms with Gasteiger partial charge in [-0.05, 0) is 162 Å². The predicted molar refractivity (Wildman–Crippen MR) is 574 cm³/mol. The molecule has 6 aromatic rings. The number of ketones is 1. The second-order valence-electron chi connectivity index (χ2n) is 37.8. The van der Waals surface area contributed by atoms with Gasteiger partial charge in [-0.25, -0.2) is 20.4 Å². The van der Waals surface area contributed by atoms with Gasteiger partial charge in [0.2, 0.25) is 18.7 Å². The van der Waals surface area contributed by atoms with Gasteiger partial charge in [0.15, 0.2) is 32.9 Å². The number of carboxylic acid groups (broad SMARTS) is 6. The van der Waals surface area contributed by atoms with Gasteiger partial charge in [0.25, 0.3) is 0 Å². The van der Waals surface area contributed by atoms with E-state index >= 15 is 0 Å². The third-order valence-electron chi connectivity index (χ3n) is 19.1. The summed E-state index contributed by atoms with van der Waals surface area (Å²) in [6.45, 7) is 35.9. The number of alkyl carbamates (subject to hydrolysis) is 1. The lowest BCUT2D eigenvalue weighted by atomic mass is 9.93. The van der Waals surface area contributed by atoms with Gasteiger partial charge in [0, 0.05) is 75.3 Å². The molecule has 0 bridgehead atoms. The van der Waals surface area contributed by atoms with Crippen LogP contribution in [-0.2, 0) is 130 Å². The molecule has 0 radical (unpaired) electrons. The fourth-order valence-electron chi connectivity index (χ4n) is 12.3. The third kappa shape index (κ3) is 79.1. The van der Waals surface area contributed by atoms with Crippen molar-refractivity contribution in [1.29, 1.82) is 0 Å². The number of carboxylic acids is 6. The molecule has 13 N–H and O–H groups in total. The summed E-state index contributed by atoms with van der Waals surface area (Å²) in [5.41, 5.74) is 17.7. The van der Waals surface area contributed by atoms with Crippen LogP contribution in [0, 0.1) is 64.6 Å². The lowest BCUT2D eigenvalue weighted by Gasteiger charge is -2.23. The Hall–Kier alpha value is -10.8. The quantitative estimate of drug-likeness (QED) is 0.00421. The average molecular weight is 2120 g/mol. The summed E-state index contributed by atoms with van der Waals surface area (Å²) >= 11 is 8.49. The number of hydrogen-bond donors (Lipinski definition) is 12. The smallest absolute Gasteiger partial charge is 0.407 e. The van der Waals surface area contributed by atoms with Gasteiger partial charge in [0.1, 0.15) is 30.0 Å². The largest absolute Gasteiger partial charge is 0.481 e. The van der Waals surface area contributed by atoms with Crippen LogP contribution in [0.25, 0.3) is 0 Å². The van der Waals surface area contributed by atoms with Gasteiger partial charge < -0.3 is 56.9 Å². The topological polar surface area (TPSA) is 534 Å². The monoisotopic (exact) mass is 2120 g/mol. The van der Waals surface area contributed by atoms with E-state index in [2.05, 4.69) is 43.9 Å². The number of carbonyl (C=O) groups is 16. The Labute approximate surface area is 878 Å². The number of benzene rings is 6. The van der Waals surface area contributed by atoms with Crippen LogP contribution in [0.2, 0.25) is 0 Å². The number of nitrogens with one attached hydrogen (secondary N) is 2. The Morgan fingerprint density at radius 1 is 0.407 bits per heavy atom. The highest BCUT2D eigenvalue weighted by molar-refractivity contribution is 8.14. The van der Waals surface area contributed by atoms with Gasteiger partial charge in [0.05, 0.1) is 42.2 Å². The summed E-state index contributed by atoms with van der Waals surface area (Å²) in [6, 6.07) is 57.2. The molecule has 0 aliphatic heterocycles. The van der Waals surface area contributed by atoms with E-state index in [-0.39, 0.29) is 83.5 Å². The fraction of sp³-hybridized carbons (Fsp3) is 0.514. The van der Waals surface area contributed by atoms with Gasteiger partial charge >= 0.3 is 47.9 Å². The highest BCUT2D eigenvalue weighted by Gasteiger charge is 2.32. The molecule has 0 heterocycles. The van der Waals surface area contributed by atoms with Crippen molar-refractivity contribution >= 4 is 153 Å². The number of hydroxylamine groups is 5. The number of thioether (sulfide) groups is 4. The fourth-order valence-corrected chi connectivity index (χ4v) is 15.4. The first-order valence-corrected chi connectivity index (χ1v) is 52.0. The van der Waals surface area contributed by atoms with Crippen molar-refractivity contribution in [3.63, 3.8) is 0 Å².